The van der Waals surface area contributed by atoms with Gasteiger partial charge in [-0.05, 0) is 12.8 Å². The van der Waals surface area contributed by atoms with Crippen LogP contribution in [-0.2, 0) is 14.3 Å². The summed E-state index contributed by atoms with van der Waals surface area (Å²) in [7, 11) is 3.95. The lowest BCUT2D eigenvalue weighted by molar-refractivity contribution is -0.892. The number of carboxylic acid groups (broad SMARTS) is 1. The number of carboxylic acids is 1. The summed E-state index contributed by atoms with van der Waals surface area (Å²) >= 11 is 0. The molecule has 166 valence electrons. The predicted octanol–water partition coefficient (Wildman–Crippen LogP) is 4.23. The van der Waals surface area contributed by atoms with Gasteiger partial charge in [-0.3, -0.25) is 4.79 Å². The Morgan fingerprint density at radius 2 is 1.32 bits per heavy atom. The van der Waals surface area contributed by atoms with Crippen molar-refractivity contribution in [1.29, 1.82) is 0 Å². The number of likely N-dealkylation sites (N-methyl/N-ethyl adjacent to an activating group) is 1. The van der Waals surface area contributed by atoms with E-state index in [1.54, 1.807) is 0 Å². The first kappa shape index (κ1) is 26.9. The number of carbonyl (C=O) groups excluding carboxylic acids is 2. The molecule has 1 unspecified atom stereocenters. The van der Waals surface area contributed by atoms with Gasteiger partial charge in [-0.15, -0.1) is 0 Å². The van der Waals surface area contributed by atoms with Crippen molar-refractivity contribution in [3.8, 4) is 0 Å². The van der Waals surface area contributed by atoms with Gasteiger partial charge >= 0.3 is 5.97 Å². The number of rotatable bonds is 19. The summed E-state index contributed by atoms with van der Waals surface area (Å²) in [5, 5.41) is 10.7. The molecular weight excluding hydrogens is 354 g/mol. The molecule has 0 fully saturated rings. The number of esters is 1. The van der Waals surface area contributed by atoms with Gasteiger partial charge in [-0.1, -0.05) is 77.6 Å². The fourth-order valence-electron chi connectivity index (χ4n) is 3.67. The van der Waals surface area contributed by atoms with Crippen molar-refractivity contribution in [1.82, 2.24) is 0 Å². The van der Waals surface area contributed by atoms with Crippen LogP contribution in [-0.4, -0.2) is 49.7 Å². The summed E-state index contributed by atoms with van der Waals surface area (Å²) in [5.74, 6) is -1.29. The number of ether oxygens (including phenoxy) is 1. The zero-order valence-electron chi connectivity index (χ0n) is 19.0. The quantitative estimate of drug-likeness (QED) is 0.185. The second-order valence-corrected chi connectivity index (χ2v) is 8.87. The summed E-state index contributed by atoms with van der Waals surface area (Å²) in [5.41, 5.74) is 0. The first-order valence-electron chi connectivity index (χ1n) is 11.5. The molecule has 0 saturated carbocycles. The van der Waals surface area contributed by atoms with Crippen LogP contribution in [0.25, 0.3) is 0 Å². The molecule has 0 aromatic carbocycles. The van der Waals surface area contributed by atoms with Crippen LogP contribution in [0.5, 0.6) is 0 Å². The number of hydrogen-bond acceptors (Lipinski definition) is 4. The smallest absolute Gasteiger partial charge is 0.303 e. The van der Waals surface area contributed by atoms with Crippen LogP contribution >= 0.6 is 0 Å². The molecule has 0 spiro atoms. The minimum atomic E-state index is -1.03. The third-order valence-electron chi connectivity index (χ3n) is 5.33. The molecule has 28 heavy (non-hydrogen) atoms. The molecule has 0 aromatic rings. The van der Waals surface area contributed by atoms with Gasteiger partial charge in [0.25, 0.3) is 0 Å². The van der Waals surface area contributed by atoms with E-state index < -0.39 is 5.97 Å². The lowest BCUT2D eigenvalue weighted by Gasteiger charge is -2.33. The van der Waals surface area contributed by atoms with Gasteiger partial charge in [0.2, 0.25) is 0 Å². The van der Waals surface area contributed by atoms with E-state index in [0.717, 1.165) is 12.8 Å². The van der Waals surface area contributed by atoms with Crippen molar-refractivity contribution in [2.24, 2.45) is 0 Å². The average molecular weight is 400 g/mol. The molecule has 0 radical (unpaired) electrons. The number of nitrogens with zero attached hydrogens (tertiary/aromatic N) is 1. The Labute approximate surface area is 173 Å². The highest BCUT2D eigenvalue weighted by atomic mass is 16.5. The number of carbonyl (C=O) groups is 2. The maximum absolute atomic E-state index is 11.4. The minimum absolute atomic E-state index is 0.0262. The Hall–Kier alpha value is -1.10. The van der Waals surface area contributed by atoms with Gasteiger partial charge in [-0.2, -0.15) is 0 Å². The Morgan fingerprint density at radius 1 is 0.857 bits per heavy atom. The van der Waals surface area contributed by atoms with E-state index >= 15 is 0 Å². The Morgan fingerprint density at radius 3 is 1.75 bits per heavy atom. The number of quaternary nitrogens is 1. The maximum atomic E-state index is 11.4. The molecule has 5 nitrogen and oxygen atoms in total. The highest BCUT2D eigenvalue weighted by molar-refractivity contribution is 5.66. The van der Waals surface area contributed by atoms with Crippen LogP contribution in [0.3, 0.4) is 0 Å². The predicted molar refractivity (Wildman–Crippen MR) is 113 cm³/mol. The molecule has 0 aliphatic heterocycles. The molecule has 0 rings (SSSR count). The van der Waals surface area contributed by atoms with Crippen LogP contribution in [0.4, 0.5) is 0 Å². The molecular formula is C23H45NO4. The first-order valence-corrected chi connectivity index (χ1v) is 11.5. The Bertz CT molecular complexity index is 409. The Balaban J connectivity index is 3.86. The van der Waals surface area contributed by atoms with Crippen molar-refractivity contribution in [2.45, 2.75) is 110 Å². The van der Waals surface area contributed by atoms with Gasteiger partial charge in [0.15, 0.2) is 6.10 Å². The van der Waals surface area contributed by atoms with E-state index in [1.165, 1.54) is 77.6 Å². The molecule has 0 aromatic heterocycles. The second-order valence-electron chi connectivity index (χ2n) is 8.87. The summed E-state index contributed by atoms with van der Waals surface area (Å²) in [6.45, 7) is 4.82. The van der Waals surface area contributed by atoms with Crippen molar-refractivity contribution in [3.63, 3.8) is 0 Å². The third kappa shape index (κ3) is 18.3. The highest BCUT2D eigenvalue weighted by Gasteiger charge is 2.24. The van der Waals surface area contributed by atoms with Crippen LogP contribution in [0.2, 0.25) is 0 Å². The Kier molecular flexibility index (Phi) is 16.2. The topological polar surface area (TPSA) is 66.4 Å². The van der Waals surface area contributed by atoms with Gasteiger partial charge in [0.1, 0.15) is 6.54 Å². The van der Waals surface area contributed by atoms with Crippen LogP contribution in [0.15, 0.2) is 0 Å². The molecule has 0 amide bonds. The largest absolute Gasteiger partial charge is 0.550 e. The fourth-order valence-corrected chi connectivity index (χ4v) is 3.67. The molecule has 0 heterocycles. The maximum Gasteiger partial charge on any atom is 0.303 e. The van der Waals surface area contributed by atoms with Crippen molar-refractivity contribution in [3.05, 3.63) is 0 Å². The first-order chi connectivity index (χ1) is 13.3. The molecule has 0 bridgehead atoms. The fraction of sp³-hybridized carbons (Fsp3) is 0.913. The lowest BCUT2D eigenvalue weighted by atomic mass is 10.0. The van der Waals surface area contributed by atoms with E-state index in [-0.39, 0.29) is 18.5 Å². The van der Waals surface area contributed by atoms with Crippen LogP contribution in [0, 0.1) is 0 Å². The monoisotopic (exact) mass is 399 g/mol. The normalized spacial score (nSPS) is 12.7. The van der Waals surface area contributed by atoms with Gasteiger partial charge < -0.3 is 19.1 Å². The molecule has 0 aliphatic carbocycles. The molecule has 5 heteroatoms. The zero-order chi connectivity index (χ0) is 21.3. The highest BCUT2D eigenvalue weighted by Crippen LogP contribution is 2.15. The van der Waals surface area contributed by atoms with Gasteiger partial charge in [-0.25, -0.2) is 0 Å². The lowest BCUT2D eigenvalue weighted by Crippen LogP contribution is -2.48. The molecule has 0 N–H and O–H groups in total. The summed E-state index contributed by atoms with van der Waals surface area (Å²) in [6.07, 6.45) is 16.4. The van der Waals surface area contributed by atoms with E-state index in [1.807, 2.05) is 14.1 Å². The van der Waals surface area contributed by atoms with Gasteiger partial charge in [0.05, 0.1) is 20.6 Å². The summed E-state index contributed by atoms with van der Waals surface area (Å²) < 4.78 is 5.99. The number of hydrogen-bond donors (Lipinski definition) is 0. The van der Waals surface area contributed by atoms with Crippen molar-refractivity contribution < 1.29 is 23.9 Å². The summed E-state index contributed by atoms with van der Waals surface area (Å²) in [6, 6.07) is 0. The van der Waals surface area contributed by atoms with Gasteiger partial charge in [0, 0.05) is 19.3 Å². The summed E-state index contributed by atoms with van der Waals surface area (Å²) in [4.78, 5) is 22.1. The SMILES string of the molecule is CCCCCCCCCCCCCCC(C[N+](C)(C)CCC(=O)[O-])OC(C)=O. The van der Waals surface area contributed by atoms with Crippen molar-refractivity contribution in [2.75, 3.05) is 27.2 Å². The van der Waals surface area contributed by atoms with E-state index in [9.17, 15) is 14.7 Å². The minimum Gasteiger partial charge on any atom is -0.550 e. The second kappa shape index (κ2) is 16.8. The van der Waals surface area contributed by atoms with Crippen molar-refractivity contribution >= 4 is 11.9 Å². The zero-order valence-corrected chi connectivity index (χ0v) is 19.0. The number of aliphatic carboxylic acids is 1. The number of unbranched alkanes of at least 4 members (excludes halogenated alkanes) is 11. The third-order valence-corrected chi connectivity index (χ3v) is 5.33. The molecule has 0 saturated heterocycles. The molecule has 1 atom stereocenters. The van der Waals surface area contributed by atoms with E-state index in [4.69, 9.17) is 4.74 Å². The standard InChI is InChI=1S/C23H45NO4/c1-5-6-7-8-9-10-11-12-13-14-15-16-17-22(28-21(2)25)20-24(3,4)19-18-23(26)27/h22H,5-20H2,1-4H3. The molecule has 0 aliphatic rings. The van der Waals surface area contributed by atoms with Crippen LogP contribution in [0.1, 0.15) is 104 Å². The van der Waals surface area contributed by atoms with E-state index in [0.29, 0.717) is 17.6 Å². The van der Waals surface area contributed by atoms with Crippen LogP contribution < -0.4 is 5.11 Å². The average Bonchev–Trinajstić information content (AvgIpc) is 2.60. The van der Waals surface area contributed by atoms with E-state index in [2.05, 4.69) is 6.92 Å².